The van der Waals surface area contributed by atoms with E-state index in [2.05, 4.69) is 32.0 Å². The molecule has 2 heterocycles. The Labute approximate surface area is 118 Å². The zero-order chi connectivity index (χ0) is 13.0. The fourth-order valence-electron chi connectivity index (χ4n) is 1.17. The Hall–Kier alpha value is -0.930. The lowest BCUT2D eigenvalue weighted by atomic mass is 10.5. The molecule has 0 aliphatic carbocycles. The molecule has 0 aromatic carbocycles. The van der Waals surface area contributed by atoms with Crippen LogP contribution in [0.1, 0.15) is 12.6 Å². The SMILES string of the molecule is CCNc1snnc1CSc1nnc(N(C)C)s1. The lowest BCUT2D eigenvalue weighted by Gasteiger charge is -2.03. The molecule has 0 radical (unpaired) electrons. The van der Waals surface area contributed by atoms with Crippen LogP contribution in [0.4, 0.5) is 10.1 Å². The molecule has 2 aromatic heterocycles. The van der Waals surface area contributed by atoms with Crippen molar-refractivity contribution in [3.8, 4) is 0 Å². The second-order valence-corrected chi connectivity index (χ2v) is 6.55. The first-order chi connectivity index (χ1) is 8.70. The van der Waals surface area contributed by atoms with Crippen molar-refractivity contribution in [3.63, 3.8) is 0 Å². The van der Waals surface area contributed by atoms with Gasteiger partial charge in [-0.2, -0.15) is 0 Å². The topological polar surface area (TPSA) is 66.8 Å². The van der Waals surface area contributed by atoms with Gasteiger partial charge in [-0.3, -0.25) is 0 Å². The molecule has 0 amide bonds. The van der Waals surface area contributed by atoms with Gasteiger partial charge in [-0.1, -0.05) is 27.6 Å². The molecule has 0 aliphatic heterocycles. The maximum atomic E-state index is 4.14. The minimum absolute atomic E-state index is 0.765. The van der Waals surface area contributed by atoms with Crippen LogP contribution in [0, 0.1) is 0 Å². The summed E-state index contributed by atoms with van der Waals surface area (Å²) in [4.78, 5) is 1.95. The molecule has 0 saturated carbocycles. The van der Waals surface area contributed by atoms with Crippen molar-refractivity contribution >= 4 is 44.8 Å². The van der Waals surface area contributed by atoms with Crippen molar-refractivity contribution < 1.29 is 0 Å². The van der Waals surface area contributed by atoms with Crippen LogP contribution in [-0.4, -0.2) is 40.4 Å². The molecule has 0 fully saturated rings. The molecule has 0 atom stereocenters. The van der Waals surface area contributed by atoms with Crippen molar-refractivity contribution in [3.05, 3.63) is 5.69 Å². The molecule has 0 aliphatic rings. The van der Waals surface area contributed by atoms with Gasteiger partial charge in [-0.05, 0) is 6.92 Å². The van der Waals surface area contributed by atoms with E-state index in [-0.39, 0.29) is 0 Å². The van der Waals surface area contributed by atoms with E-state index in [4.69, 9.17) is 0 Å². The monoisotopic (exact) mass is 302 g/mol. The first-order valence-corrected chi connectivity index (χ1v) is 7.97. The number of thioether (sulfide) groups is 1. The minimum atomic E-state index is 0.765. The van der Waals surface area contributed by atoms with Crippen LogP contribution in [0.5, 0.6) is 0 Å². The lowest BCUT2D eigenvalue weighted by molar-refractivity contribution is 0.971. The summed E-state index contributed by atoms with van der Waals surface area (Å²) in [5.74, 6) is 0.765. The number of anilines is 2. The van der Waals surface area contributed by atoms with Gasteiger partial charge in [-0.15, -0.1) is 15.3 Å². The van der Waals surface area contributed by atoms with Crippen molar-refractivity contribution in [1.29, 1.82) is 0 Å². The lowest BCUT2D eigenvalue weighted by Crippen LogP contribution is -2.07. The molecular formula is C9H14N6S3. The van der Waals surface area contributed by atoms with Gasteiger partial charge in [0, 0.05) is 37.9 Å². The van der Waals surface area contributed by atoms with Gasteiger partial charge in [0.05, 0.1) is 0 Å². The number of nitrogens with one attached hydrogen (secondary N) is 1. The maximum absolute atomic E-state index is 4.14. The summed E-state index contributed by atoms with van der Waals surface area (Å²) >= 11 is 4.62. The number of aromatic nitrogens is 4. The van der Waals surface area contributed by atoms with Crippen molar-refractivity contribution in [2.75, 3.05) is 30.9 Å². The third kappa shape index (κ3) is 3.30. The second-order valence-electron chi connectivity index (χ2n) is 3.61. The normalized spacial score (nSPS) is 10.6. The van der Waals surface area contributed by atoms with E-state index in [0.717, 1.165) is 32.5 Å². The standard InChI is InChI=1S/C9H14N6S3/c1-4-10-7-6(11-14-18-7)5-16-9-13-12-8(17-9)15(2)3/h10H,4-5H2,1-3H3. The van der Waals surface area contributed by atoms with E-state index in [0.29, 0.717) is 0 Å². The highest BCUT2D eigenvalue weighted by molar-refractivity contribution is 8.00. The Bertz CT molecular complexity index is 494. The zero-order valence-electron chi connectivity index (χ0n) is 10.4. The summed E-state index contributed by atoms with van der Waals surface area (Å²) in [6, 6.07) is 0. The molecule has 0 unspecified atom stereocenters. The van der Waals surface area contributed by atoms with Gasteiger partial charge in [-0.25, -0.2) is 0 Å². The Morgan fingerprint density at radius 1 is 1.28 bits per heavy atom. The Morgan fingerprint density at radius 2 is 2.11 bits per heavy atom. The van der Waals surface area contributed by atoms with Gasteiger partial charge >= 0.3 is 0 Å². The average Bonchev–Trinajstić information content (AvgIpc) is 2.95. The molecule has 98 valence electrons. The second kappa shape index (κ2) is 6.30. The fourth-order valence-corrected chi connectivity index (χ4v) is 3.61. The van der Waals surface area contributed by atoms with E-state index >= 15 is 0 Å². The van der Waals surface area contributed by atoms with Gasteiger partial charge in [0.2, 0.25) is 5.13 Å². The molecule has 9 heteroatoms. The summed E-state index contributed by atoms with van der Waals surface area (Å²) < 4.78 is 4.91. The Morgan fingerprint density at radius 3 is 2.78 bits per heavy atom. The fraction of sp³-hybridized carbons (Fsp3) is 0.556. The van der Waals surface area contributed by atoms with E-state index in [1.165, 1.54) is 11.5 Å². The molecule has 1 N–H and O–H groups in total. The number of rotatable bonds is 6. The molecule has 6 nitrogen and oxygen atoms in total. The first-order valence-electron chi connectivity index (χ1n) is 5.39. The van der Waals surface area contributed by atoms with Crippen molar-refractivity contribution in [2.45, 2.75) is 17.0 Å². The van der Waals surface area contributed by atoms with Gasteiger partial charge in [0.25, 0.3) is 0 Å². The number of nitrogens with zero attached hydrogens (tertiary/aromatic N) is 5. The maximum Gasteiger partial charge on any atom is 0.208 e. The van der Waals surface area contributed by atoms with E-state index in [1.807, 2.05) is 19.0 Å². The van der Waals surface area contributed by atoms with Crippen LogP contribution in [0.2, 0.25) is 0 Å². The number of hydrogen-bond acceptors (Lipinski definition) is 9. The quantitative estimate of drug-likeness (QED) is 0.820. The Balaban J connectivity index is 1.95. The average molecular weight is 302 g/mol. The minimum Gasteiger partial charge on any atom is -0.374 e. The molecule has 0 bridgehead atoms. The Kier molecular flexibility index (Phi) is 4.72. The smallest absolute Gasteiger partial charge is 0.208 e. The number of hydrogen-bond donors (Lipinski definition) is 1. The first kappa shape index (κ1) is 13.5. The highest BCUT2D eigenvalue weighted by Gasteiger charge is 2.11. The predicted molar refractivity (Wildman–Crippen MR) is 77.9 cm³/mol. The predicted octanol–water partition coefficient (Wildman–Crippen LogP) is 2.18. The summed E-state index contributed by atoms with van der Waals surface area (Å²) in [6.45, 7) is 2.94. The highest BCUT2D eigenvalue weighted by atomic mass is 32.2. The van der Waals surface area contributed by atoms with Crippen molar-refractivity contribution in [1.82, 2.24) is 19.8 Å². The largest absolute Gasteiger partial charge is 0.374 e. The molecule has 0 spiro atoms. The van der Waals surface area contributed by atoms with Gasteiger partial charge in [0.15, 0.2) is 4.34 Å². The molecule has 18 heavy (non-hydrogen) atoms. The summed E-state index contributed by atoms with van der Waals surface area (Å²) in [7, 11) is 3.92. The third-order valence-electron chi connectivity index (χ3n) is 2.00. The summed E-state index contributed by atoms with van der Waals surface area (Å²) in [6.07, 6.45) is 0. The van der Waals surface area contributed by atoms with Crippen molar-refractivity contribution in [2.24, 2.45) is 0 Å². The van der Waals surface area contributed by atoms with Crippen LogP contribution in [0.15, 0.2) is 4.34 Å². The zero-order valence-corrected chi connectivity index (χ0v) is 12.8. The molecule has 0 saturated heterocycles. The van der Waals surface area contributed by atoms with Gasteiger partial charge < -0.3 is 10.2 Å². The van der Waals surface area contributed by atoms with Crippen LogP contribution in [0.25, 0.3) is 0 Å². The van der Waals surface area contributed by atoms with Crippen LogP contribution in [-0.2, 0) is 5.75 Å². The highest BCUT2D eigenvalue weighted by Crippen LogP contribution is 2.31. The summed E-state index contributed by atoms with van der Waals surface area (Å²) in [5, 5.41) is 17.6. The molecule has 2 rings (SSSR count). The van der Waals surface area contributed by atoms with Crippen LogP contribution >= 0.6 is 34.6 Å². The summed E-state index contributed by atoms with van der Waals surface area (Å²) in [5.41, 5.74) is 0.980. The van der Waals surface area contributed by atoms with Crippen LogP contribution in [0.3, 0.4) is 0 Å². The van der Waals surface area contributed by atoms with E-state index in [1.54, 1.807) is 23.1 Å². The van der Waals surface area contributed by atoms with Gasteiger partial charge in [0.1, 0.15) is 10.7 Å². The molecular weight excluding hydrogens is 288 g/mol. The third-order valence-corrected chi connectivity index (χ3v) is 4.97. The van der Waals surface area contributed by atoms with Crippen LogP contribution < -0.4 is 10.2 Å². The van der Waals surface area contributed by atoms with E-state index in [9.17, 15) is 0 Å². The molecule has 2 aromatic rings. The van der Waals surface area contributed by atoms with E-state index < -0.39 is 0 Å².